The van der Waals surface area contributed by atoms with Gasteiger partial charge in [0.1, 0.15) is 18.9 Å². The summed E-state index contributed by atoms with van der Waals surface area (Å²) in [6.07, 6.45) is -2.54. The Labute approximate surface area is 302 Å². The SMILES string of the molecule is COC(C(=O)N(C)C)[C@@H]1C[C@H](SC2=C(C(=O)OCc3ccc([N+](=O)[O-])cc3)N3C(=O)[C@H]([C@@H](C)O)[C@H]3[C@H]2C)CN1C(=O)OCc1ccc([N+](=O)[O-])cc1. The van der Waals surface area contributed by atoms with E-state index in [9.17, 15) is 44.5 Å². The van der Waals surface area contributed by atoms with E-state index < -0.39 is 69.2 Å². The fourth-order valence-corrected chi connectivity index (χ4v) is 8.34. The quantitative estimate of drug-likeness (QED) is 0.135. The van der Waals surface area contributed by atoms with Gasteiger partial charge in [0.15, 0.2) is 6.10 Å². The lowest BCUT2D eigenvalue weighted by Crippen LogP contribution is -2.63. The molecule has 3 heterocycles. The molecule has 0 bridgehead atoms. The van der Waals surface area contributed by atoms with Crippen molar-refractivity contribution in [1.29, 1.82) is 0 Å². The molecule has 2 aromatic rings. The Bertz CT molecular complexity index is 1770. The molecule has 0 aliphatic carbocycles. The number of β-lactam (4-membered cyclic amide) rings is 1. The molecule has 1 N–H and O–H groups in total. The zero-order valence-electron chi connectivity index (χ0n) is 29.1. The van der Waals surface area contributed by atoms with Gasteiger partial charge in [0, 0.05) is 68.1 Å². The summed E-state index contributed by atoms with van der Waals surface area (Å²) in [6, 6.07) is 9.75. The van der Waals surface area contributed by atoms with Gasteiger partial charge in [-0.15, -0.1) is 11.8 Å². The molecule has 3 aliphatic rings. The van der Waals surface area contributed by atoms with Crippen molar-refractivity contribution in [1.82, 2.24) is 14.7 Å². The molecule has 18 heteroatoms. The first-order valence-electron chi connectivity index (χ1n) is 16.4. The number of non-ortho nitro benzene ring substituents is 2. The van der Waals surface area contributed by atoms with E-state index in [1.165, 1.54) is 89.0 Å². The Hall–Kier alpha value is -5.07. The summed E-state index contributed by atoms with van der Waals surface area (Å²) >= 11 is 1.28. The lowest BCUT2D eigenvalue weighted by molar-refractivity contribution is -0.385. The van der Waals surface area contributed by atoms with Crippen LogP contribution in [0.4, 0.5) is 16.2 Å². The zero-order chi connectivity index (χ0) is 38.0. The average molecular weight is 742 g/mol. The molecule has 2 saturated heterocycles. The van der Waals surface area contributed by atoms with E-state index in [1.807, 2.05) is 6.92 Å². The topological polar surface area (TPSA) is 212 Å². The third-order valence-electron chi connectivity index (χ3n) is 9.45. The fourth-order valence-electron chi connectivity index (χ4n) is 6.81. The van der Waals surface area contributed by atoms with E-state index >= 15 is 0 Å². The van der Waals surface area contributed by atoms with Gasteiger partial charge in [0.2, 0.25) is 5.91 Å². The van der Waals surface area contributed by atoms with Crippen LogP contribution < -0.4 is 0 Å². The van der Waals surface area contributed by atoms with Crippen molar-refractivity contribution in [2.45, 2.75) is 63.0 Å². The number of esters is 1. The van der Waals surface area contributed by atoms with Gasteiger partial charge in [0.05, 0.1) is 34.0 Å². The highest BCUT2D eigenvalue weighted by Gasteiger charge is 2.60. The number of thioether (sulfide) groups is 1. The highest BCUT2D eigenvalue weighted by atomic mass is 32.2. The second kappa shape index (κ2) is 15.7. The van der Waals surface area contributed by atoms with Gasteiger partial charge in [-0.05, 0) is 48.7 Å². The number of methoxy groups -OCH3 is 1. The maximum absolute atomic E-state index is 13.7. The number of carbonyl (C=O) groups is 4. The molecule has 3 amide bonds. The van der Waals surface area contributed by atoms with Crippen molar-refractivity contribution >= 4 is 47.0 Å². The molecule has 278 valence electrons. The predicted molar refractivity (Wildman–Crippen MR) is 184 cm³/mol. The van der Waals surface area contributed by atoms with Crippen LogP contribution in [0.15, 0.2) is 59.1 Å². The third kappa shape index (κ3) is 7.58. The summed E-state index contributed by atoms with van der Waals surface area (Å²) in [5.74, 6) is -2.75. The van der Waals surface area contributed by atoms with Crippen molar-refractivity contribution in [2.24, 2.45) is 11.8 Å². The number of rotatable bonds is 13. The monoisotopic (exact) mass is 741 g/mol. The highest BCUT2D eigenvalue weighted by molar-refractivity contribution is 8.03. The number of nitro groups is 2. The molecular weight excluding hydrogens is 702 g/mol. The number of nitro benzene ring substituents is 2. The number of likely N-dealkylation sites (tertiary alicyclic amines) is 1. The van der Waals surface area contributed by atoms with Crippen LogP contribution >= 0.6 is 11.8 Å². The molecule has 0 aromatic heterocycles. The minimum absolute atomic E-state index is 0.0229. The molecule has 7 atom stereocenters. The minimum Gasteiger partial charge on any atom is -0.456 e. The van der Waals surface area contributed by atoms with Gasteiger partial charge in [-0.25, -0.2) is 9.59 Å². The van der Waals surface area contributed by atoms with E-state index in [-0.39, 0.29) is 49.2 Å². The molecule has 52 heavy (non-hydrogen) atoms. The Morgan fingerprint density at radius 1 is 0.981 bits per heavy atom. The van der Waals surface area contributed by atoms with Crippen LogP contribution in [-0.2, 0) is 41.8 Å². The molecule has 2 fully saturated rings. The molecule has 1 unspecified atom stereocenters. The second-order valence-corrected chi connectivity index (χ2v) is 14.4. The van der Waals surface area contributed by atoms with Gasteiger partial charge < -0.3 is 34.0 Å². The second-order valence-electron chi connectivity index (χ2n) is 13.0. The van der Waals surface area contributed by atoms with Crippen LogP contribution in [0.3, 0.4) is 0 Å². The van der Waals surface area contributed by atoms with E-state index in [1.54, 1.807) is 14.1 Å². The van der Waals surface area contributed by atoms with Crippen LogP contribution in [0.2, 0.25) is 0 Å². The number of carbonyl (C=O) groups excluding carboxylic acids is 4. The first-order chi connectivity index (χ1) is 24.6. The van der Waals surface area contributed by atoms with Crippen LogP contribution in [-0.4, -0.2) is 111 Å². The molecular formula is C34H39N5O12S. The van der Waals surface area contributed by atoms with Crippen LogP contribution in [0.5, 0.6) is 0 Å². The first kappa shape index (κ1) is 38.2. The summed E-state index contributed by atoms with van der Waals surface area (Å²) in [6.45, 7) is 3.02. The van der Waals surface area contributed by atoms with Crippen molar-refractivity contribution in [3.63, 3.8) is 0 Å². The number of aliphatic hydroxyl groups is 1. The minimum atomic E-state index is -1.06. The smallest absolute Gasteiger partial charge is 0.410 e. The fraction of sp³-hybridized carbons (Fsp3) is 0.471. The zero-order valence-corrected chi connectivity index (χ0v) is 29.9. The number of ether oxygens (including phenoxy) is 3. The standard InChI is InChI=1S/C34H39N5O12S/c1-18-27-26(19(2)40)31(41)37(27)28(33(43)50-16-20-6-10-22(11-7-20)38(45)46)30(18)52-24-14-25(29(49-5)32(42)35(3)4)36(15-24)34(44)51-17-21-8-12-23(13-9-21)39(47)48/h6-13,18-19,24-27,29,40H,14-17H2,1-5H3/t18-,19-,24+,25+,26-,27-,29?/m1/s1. The van der Waals surface area contributed by atoms with E-state index in [0.717, 1.165) is 0 Å². The number of benzene rings is 2. The number of fused-ring (bicyclic) bond motifs is 1. The summed E-state index contributed by atoms with van der Waals surface area (Å²) in [7, 11) is 4.48. The maximum Gasteiger partial charge on any atom is 0.410 e. The largest absolute Gasteiger partial charge is 0.456 e. The van der Waals surface area contributed by atoms with E-state index in [0.29, 0.717) is 16.0 Å². The van der Waals surface area contributed by atoms with Gasteiger partial charge in [-0.3, -0.25) is 29.8 Å². The summed E-state index contributed by atoms with van der Waals surface area (Å²) in [4.78, 5) is 79.4. The Morgan fingerprint density at radius 3 is 2.00 bits per heavy atom. The molecule has 3 aliphatic heterocycles. The number of likely N-dealkylation sites (N-methyl/N-ethyl adjacent to an activating group) is 1. The van der Waals surface area contributed by atoms with Crippen LogP contribution in [0.1, 0.15) is 31.4 Å². The Kier molecular flexibility index (Phi) is 11.5. The number of aliphatic hydroxyl groups excluding tert-OH is 1. The van der Waals surface area contributed by atoms with Crippen molar-refractivity contribution < 1.29 is 48.3 Å². The van der Waals surface area contributed by atoms with Crippen molar-refractivity contribution in [2.75, 3.05) is 27.7 Å². The first-order valence-corrected chi connectivity index (χ1v) is 17.3. The molecule has 0 saturated carbocycles. The predicted octanol–water partition coefficient (Wildman–Crippen LogP) is 3.23. The molecule has 0 spiro atoms. The van der Waals surface area contributed by atoms with Gasteiger partial charge >= 0.3 is 12.1 Å². The summed E-state index contributed by atoms with van der Waals surface area (Å²) < 4.78 is 16.8. The maximum atomic E-state index is 13.7. The summed E-state index contributed by atoms with van der Waals surface area (Å²) in [5.41, 5.74) is 0.787. The van der Waals surface area contributed by atoms with Crippen LogP contribution in [0, 0.1) is 32.1 Å². The van der Waals surface area contributed by atoms with Gasteiger partial charge in [-0.2, -0.15) is 0 Å². The number of hydrogen-bond donors (Lipinski definition) is 1. The molecule has 2 aromatic carbocycles. The molecule has 5 rings (SSSR count). The highest BCUT2D eigenvalue weighted by Crippen LogP contribution is 2.52. The normalized spacial score (nSPS) is 23.4. The number of nitrogens with zero attached hydrogens (tertiary/aromatic N) is 5. The average Bonchev–Trinajstić information content (AvgIpc) is 3.63. The van der Waals surface area contributed by atoms with Crippen molar-refractivity contribution in [3.8, 4) is 0 Å². The Balaban J connectivity index is 1.39. The van der Waals surface area contributed by atoms with E-state index in [2.05, 4.69) is 0 Å². The lowest BCUT2D eigenvalue weighted by Gasteiger charge is -2.46. The van der Waals surface area contributed by atoms with Crippen LogP contribution in [0.25, 0.3) is 0 Å². The van der Waals surface area contributed by atoms with E-state index in [4.69, 9.17) is 14.2 Å². The van der Waals surface area contributed by atoms with Gasteiger partial charge in [0.25, 0.3) is 17.3 Å². The summed E-state index contributed by atoms with van der Waals surface area (Å²) in [5, 5.41) is 32.1. The van der Waals surface area contributed by atoms with Crippen molar-refractivity contribution in [3.05, 3.63) is 90.5 Å². The number of hydrogen-bond acceptors (Lipinski definition) is 13. The molecule has 0 radical (unpaired) electrons. The Morgan fingerprint density at radius 2 is 1.52 bits per heavy atom. The third-order valence-corrected chi connectivity index (χ3v) is 10.9. The lowest BCUT2D eigenvalue weighted by atomic mass is 9.79. The van der Waals surface area contributed by atoms with Gasteiger partial charge in [-0.1, -0.05) is 6.92 Å². The number of amides is 3. The molecule has 17 nitrogen and oxygen atoms in total.